The quantitative estimate of drug-likeness (QED) is 0.365. The van der Waals surface area contributed by atoms with Gasteiger partial charge in [-0.05, 0) is 30.7 Å². The number of hydrogen-bond acceptors (Lipinski definition) is 4. The largest absolute Gasteiger partial charge is 0.464 e. The van der Waals surface area contributed by atoms with Crippen molar-refractivity contribution >= 4 is 11.7 Å². The highest BCUT2D eigenvalue weighted by Crippen LogP contribution is 2.11. The van der Waals surface area contributed by atoms with E-state index in [1.54, 1.807) is 13.0 Å². The minimum atomic E-state index is -0.831. The average Bonchev–Trinajstić information content (AvgIpc) is 2.34. The standard InChI is InChI=1S/C11H13FN4O2/c1-2-18-11(17)10(7-14-16-13)15-9-5-3-4-8(12)6-9/h3-6,10,15H,2,7H2,1H3. The van der Waals surface area contributed by atoms with E-state index < -0.39 is 17.8 Å². The summed E-state index contributed by atoms with van der Waals surface area (Å²) in [4.78, 5) is 14.2. The summed E-state index contributed by atoms with van der Waals surface area (Å²) in [6.45, 7) is 1.78. The number of rotatable bonds is 6. The molecule has 0 radical (unpaired) electrons. The van der Waals surface area contributed by atoms with Gasteiger partial charge in [0.15, 0.2) is 0 Å². The van der Waals surface area contributed by atoms with Crippen molar-refractivity contribution in [1.82, 2.24) is 0 Å². The van der Waals surface area contributed by atoms with Crippen LogP contribution < -0.4 is 5.32 Å². The summed E-state index contributed by atoms with van der Waals surface area (Å²) in [5, 5.41) is 6.08. The van der Waals surface area contributed by atoms with Crippen LogP contribution in [0.2, 0.25) is 0 Å². The molecule has 1 N–H and O–H groups in total. The van der Waals surface area contributed by atoms with Crippen molar-refractivity contribution < 1.29 is 13.9 Å². The van der Waals surface area contributed by atoms with E-state index >= 15 is 0 Å². The number of halogens is 1. The maximum Gasteiger partial charge on any atom is 0.328 e. The van der Waals surface area contributed by atoms with E-state index in [0.717, 1.165) is 0 Å². The van der Waals surface area contributed by atoms with Gasteiger partial charge in [-0.3, -0.25) is 0 Å². The molecule has 1 rings (SSSR count). The van der Waals surface area contributed by atoms with Gasteiger partial charge in [-0.2, -0.15) is 0 Å². The SMILES string of the molecule is CCOC(=O)C(CN=[N+]=[N-])Nc1cccc(F)c1. The van der Waals surface area contributed by atoms with Crippen LogP contribution in [0.15, 0.2) is 29.4 Å². The van der Waals surface area contributed by atoms with Gasteiger partial charge in [0.1, 0.15) is 11.9 Å². The van der Waals surface area contributed by atoms with Gasteiger partial charge >= 0.3 is 5.97 Å². The first kappa shape index (κ1) is 13.8. The molecule has 1 aromatic rings. The Balaban J connectivity index is 2.77. The molecule has 0 heterocycles. The summed E-state index contributed by atoms with van der Waals surface area (Å²) >= 11 is 0. The zero-order chi connectivity index (χ0) is 13.4. The van der Waals surface area contributed by atoms with Crippen molar-refractivity contribution in [3.63, 3.8) is 0 Å². The van der Waals surface area contributed by atoms with Crippen LogP contribution in [0.5, 0.6) is 0 Å². The van der Waals surface area contributed by atoms with Crippen molar-refractivity contribution in [2.24, 2.45) is 5.11 Å². The van der Waals surface area contributed by atoms with Crippen molar-refractivity contribution in [2.45, 2.75) is 13.0 Å². The number of anilines is 1. The number of azide groups is 1. The van der Waals surface area contributed by atoms with Gasteiger partial charge in [-0.25, -0.2) is 9.18 Å². The fourth-order valence-electron chi connectivity index (χ4n) is 1.32. The Labute approximate surface area is 103 Å². The molecule has 0 saturated carbocycles. The van der Waals surface area contributed by atoms with Gasteiger partial charge < -0.3 is 10.1 Å². The molecule has 0 aliphatic carbocycles. The third kappa shape index (κ3) is 4.31. The smallest absolute Gasteiger partial charge is 0.328 e. The third-order valence-electron chi connectivity index (χ3n) is 2.06. The minimum absolute atomic E-state index is 0.105. The lowest BCUT2D eigenvalue weighted by molar-refractivity contribution is -0.143. The van der Waals surface area contributed by atoms with E-state index in [1.807, 2.05) is 0 Å². The molecule has 7 heteroatoms. The Morgan fingerprint density at radius 1 is 1.67 bits per heavy atom. The van der Waals surface area contributed by atoms with E-state index in [4.69, 9.17) is 10.3 Å². The molecule has 0 fully saturated rings. The van der Waals surface area contributed by atoms with Crippen LogP contribution >= 0.6 is 0 Å². The summed E-state index contributed by atoms with van der Waals surface area (Å²) in [5.74, 6) is -0.972. The number of nitrogens with zero attached hydrogens (tertiary/aromatic N) is 3. The molecule has 96 valence electrons. The molecule has 1 unspecified atom stereocenters. The van der Waals surface area contributed by atoms with Crippen LogP contribution in [0.4, 0.5) is 10.1 Å². The van der Waals surface area contributed by atoms with Crippen molar-refractivity contribution in [3.8, 4) is 0 Å². The first-order valence-corrected chi connectivity index (χ1v) is 5.37. The molecule has 0 bridgehead atoms. The molecule has 0 aliphatic heterocycles. The topological polar surface area (TPSA) is 87.1 Å². The lowest BCUT2D eigenvalue weighted by Crippen LogP contribution is -2.34. The molecule has 0 amide bonds. The van der Waals surface area contributed by atoms with Crippen LogP contribution in [-0.4, -0.2) is 25.2 Å². The average molecular weight is 252 g/mol. The van der Waals surface area contributed by atoms with Crippen molar-refractivity contribution in [1.29, 1.82) is 0 Å². The summed E-state index contributed by atoms with van der Waals surface area (Å²) in [6.07, 6.45) is 0. The lowest BCUT2D eigenvalue weighted by Gasteiger charge is -2.16. The first-order chi connectivity index (χ1) is 8.67. The predicted molar refractivity (Wildman–Crippen MR) is 64.5 cm³/mol. The Morgan fingerprint density at radius 3 is 3.06 bits per heavy atom. The highest BCUT2D eigenvalue weighted by Gasteiger charge is 2.18. The van der Waals surface area contributed by atoms with E-state index in [2.05, 4.69) is 15.3 Å². The normalized spacial score (nSPS) is 11.2. The zero-order valence-corrected chi connectivity index (χ0v) is 9.84. The number of benzene rings is 1. The number of carbonyl (C=O) groups is 1. The fourth-order valence-corrected chi connectivity index (χ4v) is 1.32. The maximum absolute atomic E-state index is 13.0. The first-order valence-electron chi connectivity index (χ1n) is 5.37. The van der Waals surface area contributed by atoms with E-state index in [-0.39, 0.29) is 13.2 Å². The maximum atomic E-state index is 13.0. The van der Waals surface area contributed by atoms with Gasteiger partial charge in [0, 0.05) is 10.6 Å². The lowest BCUT2D eigenvalue weighted by atomic mass is 10.2. The van der Waals surface area contributed by atoms with Crippen LogP contribution in [0.25, 0.3) is 10.4 Å². The summed E-state index contributed by atoms with van der Waals surface area (Å²) in [7, 11) is 0. The molecule has 0 aliphatic rings. The number of ether oxygens (including phenoxy) is 1. The Hall–Kier alpha value is -2.27. The molecular formula is C11H13FN4O2. The Morgan fingerprint density at radius 2 is 2.44 bits per heavy atom. The highest BCUT2D eigenvalue weighted by atomic mass is 19.1. The monoisotopic (exact) mass is 252 g/mol. The minimum Gasteiger partial charge on any atom is -0.464 e. The van der Waals surface area contributed by atoms with Crippen LogP contribution in [0.3, 0.4) is 0 Å². The number of hydrogen-bond donors (Lipinski definition) is 1. The third-order valence-corrected chi connectivity index (χ3v) is 2.06. The summed E-state index contributed by atoms with van der Waals surface area (Å²) < 4.78 is 17.8. The van der Waals surface area contributed by atoms with E-state index in [1.165, 1.54) is 18.2 Å². The molecular weight excluding hydrogens is 239 g/mol. The molecule has 1 atom stereocenters. The molecule has 0 aromatic heterocycles. The molecule has 18 heavy (non-hydrogen) atoms. The van der Waals surface area contributed by atoms with Gasteiger partial charge in [0.2, 0.25) is 0 Å². The number of nitrogens with one attached hydrogen (secondary N) is 1. The van der Waals surface area contributed by atoms with Gasteiger partial charge in [-0.1, -0.05) is 11.2 Å². The molecule has 0 saturated heterocycles. The van der Waals surface area contributed by atoms with Gasteiger partial charge in [0.05, 0.1) is 13.2 Å². The number of carbonyl (C=O) groups excluding carboxylic acids is 1. The zero-order valence-electron chi connectivity index (χ0n) is 9.84. The fraction of sp³-hybridized carbons (Fsp3) is 0.364. The van der Waals surface area contributed by atoms with Gasteiger partial charge in [0.25, 0.3) is 0 Å². The molecule has 1 aromatic carbocycles. The Bertz CT molecular complexity index is 460. The summed E-state index contributed by atoms with van der Waals surface area (Å²) in [5.41, 5.74) is 8.67. The van der Waals surface area contributed by atoms with E-state index in [0.29, 0.717) is 5.69 Å². The van der Waals surface area contributed by atoms with Crippen LogP contribution in [-0.2, 0) is 9.53 Å². The van der Waals surface area contributed by atoms with E-state index in [9.17, 15) is 9.18 Å². The highest BCUT2D eigenvalue weighted by molar-refractivity contribution is 5.79. The second-order valence-corrected chi connectivity index (χ2v) is 3.37. The Kier molecular flexibility index (Phi) is 5.47. The molecule has 0 spiro atoms. The van der Waals surface area contributed by atoms with Crippen LogP contribution in [0, 0.1) is 5.82 Å². The molecule has 6 nitrogen and oxygen atoms in total. The van der Waals surface area contributed by atoms with Gasteiger partial charge in [-0.15, -0.1) is 0 Å². The number of esters is 1. The van der Waals surface area contributed by atoms with Crippen molar-refractivity contribution in [3.05, 3.63) is 40.5 Å². The second kappa shape index (κ2) is 7.13. The predicted octanol–water partition coefficient (Wildman–Crippen LogP) is 2.48. The summed E-state index contributed by atoms with van der Waals surface area (Å²) in [6, 6.07) is 4.81. The van der Waals surface area contributed by atoms with Crippen molar-refractivity contribution in [2.75, 3.05) is 18.5 Å². The van der Waals surface area contributed by atoms with Crippen LogP contribution in [0.1, 0.15) is 6.92 Å². The second-order valence-electron chi connectivity index (χ2n) is 3.37.